The predicted octanol–water partition coefficient (Wildman–Crippen LogP) is 6.19. The number of alkyl halides is 3. The van der Waals surface area contributed by atoms with E-state index in [1.165, 1.54) is 6.07 Å². The number of hydrazine groups is 1. The lowest BCUT2D eigenvalue weighted by Gasteiger charge is -2.50. The molecule has 3 fully saturated rings. The van der Waals surface area contributed by atoms with Gasteiger partial charge in [-0.25, -0.2) is 9.69 Å². The molecule has 4 aromatic carbocycles. The minimum absolute atomic E-state index is 0.0597. The van der Waals surface area contributed by atoms with Crippen molar-refractivity contribution in [1.29, 1.82) is 0 Å². The molecule has 15 heteroatoms. The lowest BCUT2D eigenvalue weighted by molar-refractivity contribution is -0.274. The number of carbonyl (C=O) groups excluding carboxylic acids is 4. The van der Waals surface area contributed by atoms with E-state index >= 15 is 4.79 Å². The Hall–Kier alpha value is -6.64. The average Bonchev–Trinajstić information content (AvgIpc) is 3.53. The summed E-state index contributed by atoms with van der Waals surface area (Å²) in [4.78, 5) is 71.0. The second-order valence-electron chi connectivity index (χ2n) is 14.4. The van der Waals surface area contributed by atoms with Crippen molar-refractivity contribution in [2.24, 2.45) is 23.7 Å². The van der Waals surface area contributed by atoms with Crippen LogP contribution in [0.15, 0.2) is 103 Å². The molecule has 0 aromatic heterocycles. The van der Waals surface area contributed by atoms with Gasteiger partial charge in [-0.1, -0.05) is 59.7 Å². The van der Waals surface area contributed by atoms with Gasteiger partial charge in [0.1, 0.15) is 22.8 Å². The minimum Gasteiger partial charge on any atom is -0.508 e. The lowest BCUT2D eigenvalue weighted by Crippen LogP contribution is -2.53. The number of aryl methyl sites for hydroxylation is 1. The Morgan fingerprint density at radius 1 is 0.857 bits per heavy atom. The number of carboxylic acid groups (broad SMARTS) is 1. The Balaban J connectivity index is 1.32. The molecule has 4 N–H and O–H groups in total. The Morgan fingerprint density at radius 3 is 2.23 bits per heavy atom. The minimum atomic E-state index is -5.12. The SMILES string of the molecule is Cc1ccc(NN2C(=O)C3CC4C(=CCC5C(=O)N(c6ccc(C(=O)O)c(O)c6)C(=O)C54)C(c4cc(OC(F)(F)F)ccc4O)C3(c3ccccc3)C2=O)cc1. The van der Waals surface area contributed by atoms with Crippen molar-refractivity contribution >= 4 is 41.0 Å². The Morgan fingerprint density at radius 2 is 1.57 bits per heavy atom. The van der Waals surface area contributed by atoms with Crippen LogP contribution in [0.25, 0.3) is 0 Å². The molecule has 0 spiro atoms. The van der Waals surface area contributed by atoms with Gasteiger partial charge in [0.2, 0.25) is 11.8 Å². The van der Waals surface area contributed by atoms with Crippen molar-refractivity contribution < 1.29 is 57.2 Å². The van der Waals surface area contributed by atoms with Gasteiger partial charge in [0.15, 0.2) is 0 Å². The summed E-state index contributed by atoms with van der Waals surface area (Å²) in [5.74, 6) is -11.8. The third kappa shape index (κ3) is 5.56. The molecule has 0 radical (unpaired) electrons. The van der Waals surface area contributed by atoms with Gasteiger partial charge in [-0.2, -0.15) is 5.01 Å². The fourth-order valence-corrected chi connectivity index (χ4v) is 9.15. The smallest absolute Gasteiger partial charge is 0.508 e. The van der Waals surface area contributed by atoms with E-state index in [2.05, 4.69) is 10.2 Å². The number of nitrogens with one attached hydrogen (secondary N) is 1. The van der Waals surface area contributed by atoms with E-state index in [9.17, 15) is 47.7 Å². The number of imide groups is 2. The maximum atomic E-state index is 15.2. The molecule has 12 nitrogen and oxygen atoms in total. The standard InChI is InChI=1S/C41H32F3N3O9/c1-20-7-9-22(10-8-20)45-47-36(51)30-19-28-25(14-15-27-33(28)37(52)46(35(27)50)23-11-13-26(38(53)54)32(49)17-23)34(40(30,39(47)55)21-5-3-2-4-6-21)29-18-24(12-16-31(29)48)56-41(42,43)44/h2-14,16-18,27-28,30,33-34,45,48-49H,15,19H2,1H3,(H,53,54). The zero-order chi connectivity index (χ0) is 39.8. The van der Waals surface area contributed by atoms with Crippen molar-refractivity contribution in [3.05, 3.63) is 125 Å². The number of carbonyl (C=O) groups is 5. The average molecular weight is 768 g/mol. The van der Waals surface area contributed by atoms with Crippen molar-refractivity contribution in [2.75, 3.05) is 10.3 Å². The number of allylic oxidation sites excluding steroid dienone is 2. The molecule has 8 rings (SSSR count). The van der Waals surface area contributed by atoms with Crippen LogP contribution >= 0.6 is 0 Å². The number of hydrogen-bond donors (Lipinski definition) is 4. The van der Waals surface area contributed by atoms with Crippen LogP contribution in [-0.4, -0.2) is 56.3 Å². The number of aromatic carboxylic acids is 1. The summed E-state index contributed by atoms with van der Waals surface area (Å²) in [5, 5.41) is 32.2. The number of aromatic hydroxyl groups is 2. The first-order valence-corrected chi connectivity index (χ1v) is 17.6. The molecule has 6 unspecified atom stereocenters. The maximum Gasteiger partial charge on any atom is 0.573 e. The number of ether oxygens (including phenoxy) is 1. The van der Waals surface area contributed by atoms with E-state index in [0.717, 1.165) is 45.8 Å². The van der Waals surface area contributed by atoms with Crippen LogP contribution in [0.4, 0.5) is 24.5 Å². The topological polar surface area (TPSA) is 174 Å². The van der Waals surface area contributed by atoms with Crippen LogP contribution in [-0.2, 0) is 24.6 Å². The van der Waals surface area contributed by atoms with Crippen LogP contribution in [0.1, 0.15) is 45.8 Å². The molecule has 2 aliphatic carbocycles. The summed E-state index contributed by atoms with van der Waals surface area (Å²) in [6.45, 7) is 1.86. The van der Waals surface area contributed by atoms with Gasteiger partial charge < -0.3 is 20.1 Å². The predicted molar refractivity (Wildman–Crippen MR) is 191 cm³/mol. The summed E-state index contributed by atoms with van der Waals surface area (Å²) >= 11 is 0. The summed E-state index contributed by atoms with van der Waals surface area (Å²) in [5.41, 5.74) is 2.31. The largest absolute Gasteiger partial charge is 0.573 e. The highest BCUT2D eigenvalue weighted by Crippen LogP contribution is 2.65. The number of hydrogen-bond acceptors (Lipinski definition) is 9. The molecule has 4 aromatic rings. The fourth-order valence-electron chi connectivity index (χ4n) is 9.15. The Kier molecular flexibility index (Phi) is 8.43. The molecule has 2 saturated heterocycles. The van der Waals surface area contributed by atoms with Gasteiger partial charge in [0.25, 0.3) is 11.8 Å². The molecule has 4 aliphatic rings. The van der Waals surface area contributed by atoms with Crippen LogP contribution in [0, 0.1) is 30.6 Å². The molecule has 1 saturated carbocycles. The highest BCUT2D eigenvalue weighted by Gasteiger charge is 2.70. The Bertz CT molecular complexity index is 2370. The molecule has 286 valence electrons. The molecule has 56 heavy (non-hydrogen) atoms. The van der Waals surface area contributed by atoms with Crippen molar-refractivity contribution in [3.63, 3.8) is 0 Å². The number of phenols is 2. The molecule has 0 bridgehead atoms. The first-order valence-electron chi connectivity index (χ1n) is 17.6. The Labute approximate surface area is 316 Å². The van der Waals surface area contributed by atoms with Crippen LogP contribution in [0.5, 0.6) is 17.2 Å². The third-order valence-electron chi connectivity index (χ3n) is 11.4. The van der Waals surface area contributed by atoms with Crippen LogP contribution in [0.2, 0.25) is 0 Å². The molecule has 2 heterocycles. The number of carboxylic acids is 1. The van der Waals surface area contributed by atoms with E-state index in [0.29, 0.717) is 16.8 Å². The quantitative estimate of drug-likeness (QED) is 0.125. The van der Waals surface area contributed by atoms with E-state index in [1.54, 1.807) is 60.7 Å². The summed E-state index contributed by atoms with van der Waals surface area (Å²) < 4.78 is 45.1. The van der Waals surface area contributed by atoms with E-state index in [1.807, 2.05) is 6.92 Å². The van der Waals surface area contributed by atoms with Crippen molar-refractivity contribution in [1.82, 2.24) is 5.01 Å². The number of phenolic OH excluding ortho intramolecular Hbond substituents is 1. The fraction of sp³-hybridized carbons (Fsp3) is 0.244. The van der Waals surface area contributed by atoms with Gasteiger partial charge in [-0.15, -0.1) is 13.2 Å². The second kappa shape index (κ2) is 13.0. The number of rotatable bonds is 7. The van der Waals surface area contributed by atoms with E-state index < -0.39 is 93.8 Å². The van der Waals surface area contributed by atoms with Gasteiger partial charge >= 0.3 is 12.3 Å². The molecular weight excluding hydrogens is 735 g/mol. The van der Waals surface area contributed by atoms with Crippen molar-refractivity contribution in [3.8, 4) is 17.2 Å². The highest BCUT2D eigenvalue weighted by molar-refractivity contribution is 6.23. The summed E-state index contributed by atoms with van der Waals surface area (Å²) in [6.07, 6.45) is -3.67. The number of amides is 4. The monoisotopic (exact) mass is 767 g/mol. The summed E-state index contributed by atoms with van der Waals surface area (Å²) in [6, 6.07) is 21.3. The van der Waals surface area contributed by atoms with Gasteiger partial charge in [-0.05, 0) is 73.7 Å². The summed E-state index contributed by atoms with van der Waals surface area (Å²) in [7, 11) is 0. The van der Waals surface area contributed by atoms with E-state index in [4.69, 9.17) is 0 Å². The second-order valence-corrected chi connectivity index (χ2v) is 14.4. The maximum absolute atomic E-state index is 15.2. The number of anilines is 2. The van der Waals surface area contributed by atoms with Crippen molar-refractivity contribution in [2.45, 2.75) is 37.5 Å². The number of nitrogens with zero attached hydrogens (tertiary/aromatic N) is 2. The normalized spacial score (nSPS) is 25.7. The molecule has 4 amide bonds. The third-order valence-corrected chi connectivity index (χ3v) is 11.4. The number of benzene rings is 4. The van der Waals surface area contributed by atoms with Crippen LogP contribution in [0.3, 0.4) is 0 Å². The first-order chi connectivity index (χ1) is 26.6. The molecule has 6 atom stereocenters. The number of fused-ring (bicyclic) bond motifs is 4. The zero-order valence-electron chi connectivity index (χ0n) is 29.4. The van der Waals surface area contributed by atoms with Crippen LogP contribution < -0.4 is 15.1 Å². The van der Waals surface area contributed by atoms with E-state index in [-0.39, 0.29) is 24.1 Å². The highest BCUT2D eigenvalue weighted by atomic mass is 19.4. The lowest BCUT2D eigenvalue weighted by atomic mass is 9.49. The molecule has 2 aliphatic heterocycles. The van der Waals surface area contributed by atoms with Gasteiger partial charge in [0.05, 0.1) is 34.5 Å². The van der Waals surface area contributed by atoms with Gasteiger partial charge in [0, 0.05) is 17.5 Å². The zero-order valence-corrected chi connectivity index (χ0v) is 29.4. The molecular formula is C41H32F3N3O9. The number of halogens is 3. The van der Waals surface area contributed by atoms with Gasteiger partial charge in [-0.3, -0.25) is 24.6 Å². The first kappa shape index (κ1) is 36.3.